The zero-order valence-electron chi connectivity index (χ0n) is 13.3. The van der Waals surface area contributed by atoms with Crippen molar-refractivity contribution in [3.8, 4) is 11.5 Å². The molecular weight excluding hydrogens is 306 g/mol. The molecule has 2 aromatic rings. The van der Waals surface area contributed by atoms with Crippen LogP contribution in [0.5, 0.6) is 11.5 Å². The predicted molar refractivity (Wildman–Crippen MR) is 90.8 cm³/mol. The van der Waals surface area contributed by atoms with Crippen LogP contribution in [0.2, 0.25) is 0 Å². The standard InChI is InChI=1S/C18H15N3O3/c1-23-14-8-11-7-12-9-17(22)21-6-4-3-5-16(21)20-18(12)19-13(11)10-15(14)24-2/h3-8,10H,9H2,1-2H3. The van der Waals surface area contributed by atoms with E-state index in [-0.39, 0.29) is 12.3 Å². The van der Waals surface area contributed by atoms with Gasteiger partial charge in [0.25, 0.3) is 0 Å². The van der Waals surface area contributed by atoms with E-state index in [1.165, 1.54) is 0 Å². The summed E-state index contributed by atoms with van der Waals surface area (Å²) in [6.45, 7) is 0. The fourth-order valence-electron chi connectivity index (χ4n) is 2.85. The number of methoxy groups -OCH3 is 2. The highest BCUT2D eigenvalue weighted by Crippen LogP contribution is 2.34. The van der Waals surface area contributed by atoms with Gasteiger partial charge in [-0.15, -0.1) is 0 Å². The van der Waals surface area contributed by atoms with Crippen LogP contribution in [0.4, 0.5) is 5.82 Å². The molecule has 2 aliphatic rings. The second kappa shape index (κ2) is 5.49. The molecule has 0 atom stereocenters. The largest absolute Gasteiger partial charge is 0.493 e. The molecule has 0 fully saturated rings. The van der Waals surface area contributed by atoms with Crippen molar-refractivity contribution in [1.82, 2.24) is 9.88 Å². The second-order valence-electron chi connectivity index (χ2n) is 5.48. The number of amides is 1. The molecule has 2 aliphatic heterocycles. The van der Waals surface area contributed by atoms with Crippen LogP contribution < -0.4 is 9.47 Å². The highest BCUT2D eigenvalue weighted by molar-refractivity contribution is 6.09. The third-order valence-electron chi connectivity index (χ3n) is 4.05. The first-order valence-electron chi connectivity index (χ1n) is 7.51. The van der Waals surface area contributed by atoms with Gasteiger partial charge in [-0.3, -0.25) is 9.69 Å². The Labute approximate surface area is 138 Å². The lowest BCUT2D eigenvalue weighted by atomic mass is 10.1. The molecule has 120 valence electrons. The van der Waals surface area contributed by atoms with E-state index in [2.05, 4.69) is 9.98 Å². The summed E-state index contributed by atoms with van der Waals surface area (Å²) in [4.78, 5) is 23.2. The number of hydrogen-bond donors (Lipinski definition) is 0. The fourth-order valence-corrected chi connectivity index (χ4v) is 2.85. The second-order valence-corrected chi connectivity index (χ2v) is 5.48. The van der Waals surface area contributed by atoms with Crippen molar-refractivity contribution in [1.29, 1.82) is 0 Å². The summed E-state index contributed by atoms with van der Waals surface area (Å²) in [5.74, 6) is 2.34. The molecule has 6 nitrogen and oxygen atoms in total. The number of benzene rings is 1. The van der Waals surface area contributed by atoms with Gasteiger partial charge in [0.2, 0.25) is 5.91 Å². The minimum Gasteiger partial charge on any atom is -0.493 e. The van der Waals surface area contributed by atoms with Crippen LogP contribution in [0, 0.1) is 0 Å². The first kappa shape index (κ1) is 14.4. The van der Waals surface area contributed by atoms with E-state index in [0.717, 1.165) is 16.5 Å². The van der Waals surface area contributed by atoms with Crippen molar-refractivity contribution in [2.75, 3.05) is 14.2 Å². The summed E-state index contributed by atoms with van der Waals surface area (Å²) in [7, 11) is 3.18. The van der Waals surface area contributed by atoms with E-state index in [1.54, 1.807) is 31.4 Å². The third kappa shape index (κ3) is 2.23. The van der Waals surface area contributed by atoms with Crippen LogP contribution in [-0.4, -0.2) is 35.8 Å². The summed E-state index contributed by atoms with van der Waals surface area (Å²) >= 11 is 0. The molecule has 0 aliphatic carbocycles. The normalized spacial score (nSPS) is 15.7. The van der Waals surface area contributed by atoms with Gasteiger partial charge in [-0.1, -0.05) is 6.08 Å². The Balaban J connectivity index is 1.92. The van der Waals surface area contributed by atoms with Gasteiger partial charge in [-0.25, -0.2) is 9.98 Å². The molecule has 0 N–H and O–H groups in total. The van der Waals surface area contributed by atoms with Gasteiger partial charge >= 0.3 is 0 Å². The summed E-state index contributed by atoms with van der Waals surface area (Å²) in [5.41, 5.74) is 1.54. The molecule has 0 bridgehead atoms. The van der Waals surface area contributed by atoms with E-state index < -0.39 is 0 Å². The Hall–Kier alpha value is -3.15. The average Bonchev–Trinajstić information content (AvgIpc) is 2.74. The first-order valence-corrected chi connectivity index (χ1v) is 7.51. The fraction of sp³-hybridized carbons (Fsp3) is 0.167. The van der Waals surface area contributed by atoms with E-state index in [9.17, 15) is 4.79 Å². The van der Waals surface area contributed by atoms with Crippen LogP contribution in [0.3, 0.4) is 0 Å². The molecule has 0 saturated heterocycles. The summed E-state index contributed by atoms with van der Waals surface area (Å²) in [6, 6.07) is 5.61. The van der Waals surface area contributed by atoms with Crippen molar-refractivity contribution >= 4 is 28.5 Å². The first-order chi connectivity index (χ1) is 11.7. The van der Waals surface area contributed by atoms with Gasteiger partial charge in [0.05, 0.1) is 26.2 Å². The quantitative estimate of drug-likeness (QED) is 0.853. The van der Waals surface area contributed by atoms with Crippen LogP contribution in [-0.2, 0) is 11.2 Å². The number of hydrogen-bond acceptors (Lipinski definition) is 5. The molecule has 3 heterocycles. The number of aliphatic imine (C=N–C) groups is 1. The molecular formula is C18H15N3O3. The predicted octanol–water partition coefficient (Wildman–Crippen LogP) is 2.75. The Morgan fingerprint density at radius 3 is 2.67 bits per heavy atom. The Bertz CT molecular complexity index is 944. The molecule has 4 rings (SSSR count). The number of rotatable bonds is 2. The minimum atomic E-state index is -0.0327. The lowest BCUT2D eigenvalue weighted by Crippen LogP contribution is -2.32. The Morgan fingerprint density at radius 2 is 1.88 bits per heavy atom. The van der Waals surface area contributed by atoms with Crippen LogP contribution in [0.25, 0.3) is 10.9 Å². The number of carbonyl (C=O) groups excluding carboxylic acids is 1. The van der Waals surface area contributed by atoms with E-state index >= 15 is 0 Å². The monoisotopic (exact) mass is 321 g/mol. The zero-order valence-corrected chi connectivity index (χ0v) is 13.3. The van der Waals surface area contributed by atoms with Gasteiger partial charge in [0, 0.05) is 23.2 Å². The molecule has 0 saturated carbocycles. The van der Waals surface area contributed by atoms with Crippen molar-refractivity contribution < 1.29 is 14.3 Å². The number of carbonyl (C=O) groups is 1. The highest BCUT2D eigenvalue weighted by atomic mass is 16.5. The number of ether oxygens (including phenoxy) is 2. The lowest BCUT2D eigenvalue weighted by Gasteiger charge is -2.17. The van der Waals surface area contributed by atoms with Crippen LogP contribution in [0.1, 0.15) is 5.56 Å². The Morgan fingerprint density at radius 1 is 1.08 bits per heavy atom. The van der Waals surface area contributed by atoms with Gasteiger partial charge in [-0.2, -0.15) is 0 Å². The summed E-state index contributed by atoms with van der Waals surface area (Å²) < 4.78 is 10.7. The molecule has 0 spiro atoms. The van der Waals surface area contributed by atoms with Gasteiger partial charge in [0.15, 0.2) is 17.3 Å². The maximum atomic E-state index is 12.5. The number of pyridine rings is 1. The molecule has 0 unspecified atom stereocenters. The van der Waals surface area contributed by atoms with E-state index in [1.807, 2.05) is 30.4 Å². The topological polar surface area (TPSA) is 64.0 Å². The number of fused-ring (bicyclic) bond motifs is 3. The SMILES string of the molecule is COc1cc2cc3c(nc2cc1OC)N=C1C=CC=CN1C(=O)C3. The van der Waals surface area contributed by atoms with Gasteiger partial charge in [0.1, 0.15) is 5.84 Å². The van der Waals surface area contributed by atoms with E-state index in [0.29, 0.717) is 23.2 Å². The van der Waals surface area contributed by atoms with Crippen molar-refractivity contribution in [2.24, 2.45) is 4.99 Å². The van der Waals surface area contributed by atoms with Crippen LogP contribution in [0.15, 0.2) is 47.6 Å². The molecule has 6 heteroatoms. The van der Waals surface area contributed by atoms with Crippen LogP contribution >= 0.6 is 0 Å². The number of nitrogens with zero attached hydrogens (tertiary/aromatic N) is 3. The minimum absolute atomic E-state index is 0.0327. The molecule has 1 aromatic heterocycles. The van der Waals surface area contributed by atoms with E-state index in [4.69, 9.17) is 9.47 Å². The van der Waals surface area contributed by atoms with Crippen molar-refractivity contribution in [3.63, 3.8) is 0 Å². The summed E-state index contributed by atoms with van der Waals surface area (Å²) in [6.07, 6.45) is 7.43. The maximum absolute atomic E-state index is 12.5. The number of aromatic nitrogens is 1. The smallest absolute Gasteiger partial charge is 0.236 e. The summed E-state index contributed by atoms with van der Waals surface area (Å²) in [5, 5.41) is 0.880. The average molecular weight is 321 g/mol. The number of allylic oxidation sites excluding steroid dienone is 2. The van der Waals surface area contributed by atoms with Gasteiger partial charge < -0.3 is 9.47 Å². The third-order valence-corrected chi connectivity index (χ3v) is 4.05. The number of amidine groups is 1. The maximum Gasteiger partial charge on any atom is 0.236 e. The molecule has 1 aromatic carbocycles. The molecule has 1 amide bonds. The van der Waals surface area contributed by atoms with Gasteiger partial charge in [-0.05, 0) is 24.3 Å². The zero-order chi connectivity index (χ0) is 16.7. The van der Waals surface area contributed by atoms with Crippen molar-refractivity contribution in [3.05, 3.63) is 48.2 Å². The lowest BCUT2D eigenvalue weighted by molar-refractivity contribution is -0.124. The van der Waals surface area contributed by atoms with Crippen molar-refractivity contribution in [2.45, 2.75) is 6.42 Å². The molecule has 0 radical (unpaired) electrons. The highest BCUT2D eigenvalue weighted by Gasteiger charge is 2.24. The molecule has 24 heavy (non-hydrogen) atoms. The Kier molecular flexibility index (Phi) is 3.30.